The van der Waals surface area contributed by atoms with E-state index in [0.717, 1.165) is 25.8 Å². The van der Waals surface area contributed by atoms with Gasteiger partial charge in [-0.25, -0.2) is 0 Å². The van der Waals surface area contributed by atoms with Crippen LogP contribution in [0.25, 0.3) is 0 Å². The summed E-state index contributed by atoms with van der Waals surface area (Å²) in [5, 5.41) is 0. The van der Waals surface area contributed by atoms with E-state index in [1.165, 1.54) is 0 Å². The predicted molar refractivity (Wildman–Crippen MR) is 76.5 cm³/mol. The maximum absolute atomic E-state index is 12.7. The van der Waals surface area contributed by atoms with E-state index >= 15 is 0 Å². The highest BCUT2D eigenvalue weighted by Crippen LogP contribution is 2.52. The van der Waals surface area contributed by atoms with Gasteiger partial charge in [-0.15, -0.1) is 0 Å². The normalized spacial score (nSPS) is 36.4. The van der Waals surface area contributed by atoms with Crippen molar-refractivity contribution in [2.75, 3.05) is 19.7 Å². The molecule has 3 aliphatic heterocycles. The number of likely N-dealkylation sites (tertiary alicyclic amines) is 1. The number of hydrogen-bond acceptors (Lipinski definition) is 4. The zero-order valence-electron chi connectivity index (χ0n) is 12.7. The predicted octanol–water partition coefficient (Wildman–Crippen LogP) is 1.52. The number of carbonyl (C=O) groups is 2. The van der Waals surface area contributed by atoms with Gasteiger partial charge >= 0.3 is 5.97 Å². The molecule has 0 aromatic heterocycles. The third kappa shape index (κ3) is 2.18. The van der Waals surface area contributed by atoms with Gasteiger partial charge in [-0.2, -0.15) is 0 Å². The number of ether oxygens (including phenoxy) is 2. The Kier molecular flexibility index (Phi) is 3.78. The Hall–Kier alpha value is -1.36. The first-order valence-corrected chi connectivity index (χ1v) is 7.95. The second-order valence-corrected chi connectivity index (χ2v) is 6.18. The number of nitrogens with zero attached hydrogens (tertiary/aromatic N) is 1. The van der Waals surface area contributed by atoms with Crippen LogP contribution in [0.3, 0.4) is 0 Å². The summed E-state index contributed by atoms with van der Waals surface area (Å²) in [5.41, 5.74) is -0.592. The number of rotatable bonds is 6. The van der Waals surface area contributed by atoms with Crippen LogP contribution in [0.15, 0.2) is 12.2 Å². The number of carbonyl (C=O) groups excluding carboxylic acids is 2. The Labute approximate surface area is 125 Å². The van der Waals surface area contributed by atoms with Crippen molar-refractivity contribution in [1.82, 2.24) is 4.90 Å². The second-order valence-electron chi connectivity index (χ2n) is 6.18. The van der Waals surface area contributed by atoms with Crippen LogP contribution >= 0.6 is 0 Å². The Morgan fingerprint density at radius 2 is 2.29 bits per heavy atom. The van der Waals surface area contributed by atoms with Gasteiger partial charge in [0.1, 0.15) is 11.5 Å². The van der Waals surface area contributed by atoms with Crippen molar-refractivity contribution in [1.29, 1.82) is 0 Å². The molecule has 2 unspecified atom stereocenters. The molecule has 3 rings (SSSR count). The lowest BCUT2D eigenvalue weighted by molar-refractivity contribution is -0.153. The topological polar surface area (TPSA) is 55.8 Å². The summed E-state index contributed by atoms with van der Waals surface area (Å²) in [4.78, 5) is 26.8. The molecule has 0 saturated carbocycles. The van der Waals surface area contributed by atoms with Crippen LogP contribution in [-0.2, 0) is 19.1 Å². The smallest absolute Gasteiger partial charge is 0.312 e. The maximum atomic E-state index is 12.7. The standard InChI is InChI=1S/C16H23NO4/c1-3-5-8-17-10-16-7-6-11(21-16)12(13(16)14(17)18)15(19)20-9-4-2/h6-7,11-13H,3-5,8-10H2,1-2H3/t11-,12?,13-,16?/m1/s1. The average Bonchev–Trinajstić information content (AvgIpc) is 3.11. The van der Waals surface area contributed by atoms with Gasteiger partial charge in [0.2, 0.25) is 5.91 Å². The van der Waals surface area contributed by atoms with E-state index < -0.39 is 17.4 Å². The minimum absolute atomic E-state index is 0.0498. The molecule has 0 aromatic carbocycles. The van der Waals surface area contributed by atoms with Crippen molar-refractivity contribution in [3.05, 3.63) is 12.2 Å². The van der Waals surface area contributed by atoms with Gasteiger partial charge in [0.15, 0.2) is 0 Å². The highest BCUT2D eigenvalue weighted by atomic mass is 16.6. The molecule has 1 spiro atoms. The third-order valence-electron chi connectivity index (χ3n) is 4.68. The Morgan fingerprint density at radius 1 is 1.48 bits per heavy atom. The van der Waals surface area contributed by atoms with Crippen LogP contribution in [0, 0.1) is 11.8 Å². The van der Waals surface area contributed by atoms with Crippen molar-refractivity contribution in [2.45, 2.75) is 44.8 Å². The van der Waals surface area contributed by atoms with Crippen LogP contribution in [0.4, 0.5) is 0 Å². The fourth-order valence-electron chi connectivity index (χ4n) is 3.68. The molecule has 0 aromatic rings. The van der Waals surface area contributed by atoms with Crippen molar-refractivity contribution in [3.63, 3.8) is 0 Å². The Morgan fingerprint density at radius 3 is 3.00 bits per heavy atom. The van der Waals surface area contributed by atoms with Gasteiger partial charge < -0.3 is 14.4 Å². The van der Waals surface area contributed by atoms with Crippen LogP contribution < -0.4 is 0 Å². The number of esters is 1. The summed E-state index contributed by atoms with van der Waals surface area (Å²) in [7, 11) is 0. The second kappa shape index (κ2) is 5.44. The molecule has 0 N–H and O–H groups in total. The van der Waals surface area contributed by atoms with E-state index in [0.29, 0.717) is 13.2 Å². The lowest BCUT2D eigenvalue weighted by Crippen LogP contribution is -2.40. The molecule has 4 atom stereocenters. The summed E-state index contributed by atoms with van der Waals surface area (Å²) < 4.78 is 11.3. The maximum Gasteiger partial charge on any atom is 0.312 e. The zero-order chi connectivity index (χ0) is 15.0. The summed E-state index contributed by atoms with van der Waals surface area (Å²) in [6, 6.07) is 0. The van der Waals surface area contributed by atoms with Gasteiger partial charge in [0, 0.05) is 6.54 Å². The Balaban J connectivity index is 1.78. The molecular formula is C16H23NO4. The minimum Gasteiger partial charge on any atom is -0.465 e. The van der Waals surface area contributed by atoms with Crippen molar-refractivity contribution in [2.24, 2.45) is 11.8 Å². The molecule has 21 heavy (non-hydrogen) atoms. The number of amides is 1. The van der Waals surface area contributed by atoms with Gasteiger partial charge in [-0.1, -0.05) is 32.4 Å². The highest BCUT2D eigenvalue weighted by molar-refractivity contribution is 5.91. The fourth-order valence-corrected chi connectivity index (χ4v) is 3.68. The molecule has 5 nitrogen and oxygen atoms in total. The molecule has 1 amide bonds. The lowest BCUT2D eigenvalue weighted by atomic mass is 9.77. The molecule has 2 bridgehead atoms. The fraction of sp³-hybridized carbons (Fsp3) is 0.750. The summed E-state index contributed by atoms with van der Waals surface area (Å²) in [6.07, 6.45) is 6.42. The third-order valence-corrected chi connectivity index (χ3v) is 4.68. The van der Waals surface area contributed by atoms with E-state index in [1.807, 2.05) is 24.0 Å². The highest BCUT2D eigenvalue weighted by Gasteiger charge is 2.67. The van der Waals surface area contributed by atoms with Gasteiger partial charge in [0.05, 0.1) is 25.2 Å². The molecule has 0 radical (unpaired) electrons. The molecular weight excluding hydrogens is 270 g/mol. The zero-order valence-corrected chi connectivity index (χ0v) is 12.7. The van der Waals surface area contributed by atoms with Gasteiger partial charge in [-0.05, 0) is 12.8 Å². The molecule has 5 heteroatoms. The first-order chi connectivity index (χ1) is 10.1. The number of fused-ring (bicyclic) bond motifs is 1. The van der Waals surface area contributed by atoms with Crippen molar-refractivity contribution < 1.29 is 19.1 Å². The van der Waals surface area contributed by atoms with E-state index in [9.17, 15) is 9.59 Å². The lowest BCUT2D eigenvalue weighted by Gasteiger charge is -2.22. The van der Waals surface area contributed by atoms with Crippen LogP contribution in [0.1, 0.15) is 33.1 Å². The largest absolute Gasteiger partial charge is 0.465 e. The molecule has 116 valence electrons. The molecule has 3 aliphatic rings. The van der Waals surface area contributed by atoms with Crippen molar-refractivity contribution in [3.8, 4) is 0 Å². The number of unbranched alkanes of at least 4 members (excludes halogenated alkanes) is 1. The van der Waals surface area contributed by atoms with E-state index in [1.54, 1.807) is 0 Å². The van der Waals surface area contributed by atoms with E-state index in [-0.39, 0.29) is 18.0 Å². The number of hydrogen-bond donors (Lipinski definition) is 0. The minimum atomic E-state index is -0.592. The average molecular weight is 293 g/mol. The Bertz CT molecular complexity index is 475. The molecule has 2 saturated heterocycles. The summed E-state index contributed by atoms with van der Waals surface area (Å²) in [5.74, 6) is -1.10. The van der Waals surface area contributed by atoms with Gasteiger partial charge in [0.25, 0.3) is 0 Å². The summed E-state index contributed by atoms with van der Waals surface area (Å²) >= 11 is 0. The van der Waals surface area contributed by atoms with E-state index in [4.69, 9.17) is 9.47 Å². The monoisotopic (exact) mass is 293 g/mol. The molecule has 0 aliphatic carbocycles. The quantitative estimate of drug-likeness (QED) is 0.550. The summed E-state index contributed by atoms with van der Waals surface area (Å²) in [6.45, 7) is 5.78. The van der Waals surface area contributed by atoms with Gasteiger partial charge in [-0.3, -0.25) is 9.59 Å². The SMILES string of the molecule is CCCCN1CC23C=C[C@@H](O2)C(C(=O)OCCC)[C@@H]3C1=O. The molecule has 2 fully saturated rings. The molecule has 3 heterocycles. The van der Waals surface area contributed by atoms with E-state index in [2.05, 4.69) is 6.92 Å². The van der Waals surface area contributed by atoms with Crippen LogP contribution in [0.2, 0.25) is 0 Å². The van der Waals surface area contributed by atoms with Crippen LogP contribution in [0.5, 0.6) is 0 Å². The van der Waals surface area contributed by atoms with Crippen molar-refractivity contribution >= 4 is 11.9 Å². The first-order valence-electron chi connectivity index (χ1n) is 7.95. The van der Waals surface area contributed by atoms with Crippen LogP contribution in [-0.4, -0.2) is 48.2 Å². The first kappa shape index (κ1) is 14.6.